The third kappa shape index (κ3) is 4.61. The van der Waals surface area contributed by atoms with Gasteiger partial charge in [-0.15, -0.1) is 0 Å². The summed E-state index contributed by atoms with van der Waals surface area (Å²) in [4.78, 5) is 28.8. The van der Waals surface area contributed by atoms with E-state index in [9.17, 15) is 18.0 Å². The number of alkyl halides is 3. The van der Waals surface area contributed by atoms with Gasteiger partial charge in [0.25, 0.3) is 0 Å². The van der Waals surface area contributed by atoms with E-state index in [2.05, 4.69) is 27.4 Å². The predicted octanol–water partition coefficient (Wildman–Crippen LogP) is 2.23. The maximum Gasteiger partial charge on any atom is 0.430 e. The van der Waals surface area contributed by atoms with Crippen LogP contribution in [0.25, 0.3) is 16.8 Å². The average Bonchev–Trinajstić information content (AvgIpc) is 3.18. The Balaban J connectivity index is 0.000000320. The summed E-state index contributed by atoms with van der Waals surface area (Å²) in [5.74, 6) is 0.0760. The van der Waals surface area contributed by atoms with Crippen molar-refractivity contribution in [2.24, 2.45) is 17.8 Å². The minimum Gasteiger partial charge on any atom is -0.542 e. The number of rotatable bonds is 3. The lowest BCUT2D eigenvalue weighted by Crippen LogP contribution is -2.60. The predicted molar refractivity (Wildman–Crippen MR) is 115 cm³/mol. The molecule has 3 N–H and O–H groups in total. The summed E-state index contributed by atoms with van der Waals surface area (Å²) in [5.41, 5.74) is 3.03. The van der Waals surface area contributed by atoms with Crippen LogP contribution in [0.5, 0.6) is 0 Å². The van der Waals surface area contributed by atoms with Crippen molar-refractivity contribution in [2.75, 3.05) is 0 Å². The second-order valence-electron chi connectivity index (χ2n) is 10.0. The number of aromatic nitrogens is 3. The lowest BCUT2D eigenvalue weighted by atomic mass is 9.53. The van der Waals surface area contributed by atoms with Crippen molar-refractivity contribution < 1.29 is 37.3 Å². The number of nitrogens with zero attached hydrogens (tertiary/aromatic N) is 1. The second kappa shape index (κ2) is 8.66. The van der Waals surface area contributed by atoms with Crippen molar-refractivity contribution in [3.8, 4) is 11.3 Å². The highest BCUT2D eigenvalue weighted by molar-refractivity contribution is 5.92. The maximum absolute atomic E-state index is 13.4. The molecule has 3 heterocycles. The molecule has 3 aromatic heterocycles. The molecule has 0 radical (unpaired) electrons. The summed E-state index contributed by atoms with van der Waals surface area (Å²) >= 11 is 0. The van der Waals surface area contributed by atoms with E-state index in [4.69, 9.17) is 9.90 Å². The Hall–Kier alpha value is -3.43. The Morgan fingerprint density at radius 3 is 2.23 bits per heavy atom. The van der Waals surface area contributed by atoms with Crippen molar-refractivity contribution in [1.29, 1.82) is 0 Å². The standard InChI is InChI=1S/C23H24N4O.C2HF3O2/c28-22(26-23-11-15-8-16(12-23)10-17(9-15)13-23)21-25-20(18-4-3-6-24-14-18)19-5-1-2-7-27(19)21;3-2(4,5)1(6)7/h1-7,14-17H,8-13H2,(H,26,28);(H,6,7)/p+1. The average molecular weight is 488 g/mol. The minimum absolute atomic E-state index is 0.0132. The maximum atomic E-state index is 13.4. The number of aromatic amines is 2. The van der Waals surface area contributed by atoms with Crippen LogP contribution >= 0.6 is 0 Å². The normalized spacial score (nSPS) is 26.8. The lowest BCUT2D eigenvalue weighted by molar-refractivity contribution is -0.514. The Morgan fingerprint density at radius 1 is 1.06 bits per heavy atom. The number of halogens is 3. The SMILES string of the molecule is O=C(NC12CC3CC(CC(C3)C1)C2)c1[nH]c(-c2ccc[nH+]c2)c2cccc[n+]12.O=C([O-])C(F)(F)F. The van der Waals surface area contributed by atoms with Gasteiger partial charge in [-0.3, -0.25) is 4.79 Å². The number of hydrogen-bond donors (Lipinski definition) is 2. The van der Waals surface area contributed by atoms with E-state index in [0.29, 0.717) is 5.82 Å². The summed E-state index contributed by atoms with van der Waals surface area (Å²) in [6, 6.07) is 10.1. The van der Waals surface area contributed by atoms with Crippen LogP contribution in [-0.2, 0) is 4.79 Å². The molecule has 4 fully saturated rings. The summed E-state index contributed by atoms with van der Waals surface area (Å²) in [7, 11) is 0. The number of amides is 1. The number of fused-ring (bicyclic) bond motifs is 1. The van der Waals surface area contributed by atoms with Crippen molar-refractivity contribution in [1.82, 2.24) is 10.3 Å². The molecule has 184 valence electrons. The molecule has 0 atom stereocenters. The smallest absolute Gasteiger partial charge is 0.430 e. The Morgan fingerprint density at radius 2 is 1.69 bits per heavy atom. The molecular formula is C25H26F3N4O3+. The molecule has 4 aliphatic rings. The highest BCUT2D eigenvalue weighted by atomic mass is 19.4. The van der Waals surface area contributed by atoms with Gasteiger partial charge in [-0.2, -0.15) is 17.6 Å². The van der Waals surface area contributed by atoms with Crippen LogP contribution in [0.3, 0.4) is 0 Å². The number of nitrogens with one attached hydrogen (secondary N) is 3. The third-order valence-electron chi connectivity index (χ3n) is 7.46. The van der Waals surface area contributed by atoms with E-state index < -0.39 is 12.1 Å². The molecular weight excluding hydrogens is 461 g/mol. The van der Waals surface area contributed by atoms with Crippen molar-refractivity contribution in [3.63, 3.8) is 0 Å². The molecule has 7 nitrogen and oxygen atoms in total. The van der Waals surface area contributed by atoms with Crippen LogP contribution in [0.4, 0.5) is 13.2 Å². The van der Waals surface area contributed by atoms with Gasteiger partial charge in [-0.1, -0.05) is 6.07 Å². The molecule has 0 spiro atoms. The van der Waals surface area contributed by atoms with E-state index in [1.165, 1.54) is 19.3 Å². The monoisotopic (exact) mass is 487 g/mol. The number of carboxylic acid groups (broad SMARTS) is 1. The van der Waals surface area contributed by atoms with Gasteiger partial charge in [-0.05, 0) is 74.5 Å². The summed E-state index contributed by atoms with van der Waals surface area (Å²) in [6.45, 7) is 0. The first-order valence-corrected chi connectivity index (χ1v) is 11.7. The van der Waals surface area contributed by atoms with E-state index in [1.54, 1.807) is 0 Å². The van der Waals surface area contributed by atoms with Gasteiger partial charge in [0.1, 0.15) is 5.97 Å². The summed E-state index contributed by atoms with van der Waals surface area (Å²) in [6.07, 6.45) is 8.24. The largest absolute Gasteiger partial charge is 0.542 e. The lowest BCUT2D eigenvalue weighted by Gasteiger charge is -2.56. The van der Waals surface area contributed by atoms with Crippen molar-refractivity contribution in [2.45, 2.75) is 50.2 Å². The molecule has 7 rings (SSSR count). The zero-order valence-electron chi connectivity index (χ0n) is 18.9. The van der Waals surface area contributed by atoms with Crippen molar-refractivity contribution >= 4 is 17.4 Å². The topological polar surface area (TPSA) is 103 Å². The molecule has 3 aromatic rings. The number of hydrogen-bond acceptors (Lipinski definition) is 3. The number of pyridine rings is 2. The van der Waals surface area contributed by atoms with Crippen LogP contribution in [0, 0.1) is 17.8 Å². The molecule has 0 saturated heterocycles. The van der Waals surface area contributed by atoms with Gasteiger partial charge in [0.2, 0.25) is 0 Å². The zero-order valence-corrected chi connectivity index (χ0v) is 18.9. The first-order chi connectivity index (χ1) is 16.6. The number of imidazole rings is 1. The molecule has 4 bridgehead atoms. The molecule has 1 amide bonds. The fourth-order valence-corrected chi connectivity index (χ4v) is 6.58. The molecule has 0 unspecified atom stereocenters. The highest BCUT2D eigenvalue weighted by Crippen LogP contribution is 2.55. The van der Waals surface area contributed by atoms with Crippen LogP contribution in [0.2, 0.25) is 0 Å². The van der Waals surface area contributed by atoms with E-state index in [-0.39, 0.29) is 11.4 Å². The van der Waals surface area contributed by atoms with E-state index >= 15 is 0 Å². The number of carboxylic acids is 1. The molecule has 4 aliphatic carbocycles. The quantitative estimate of drug-likeness (QED) is 0.554. The third-order valence-corrected chi connectivity index (χ3v) is 7.46. The molecule has 4 saturated carbocycles. The second-order valence-corrected chi connectivity index (χ2v) is 10.0. The zero-order chi connectivity index (χ0) is 24.8. The van der Waals surface area contributed by atoms with Gasteiger partial charge in [0.15, 0.2) is 23.6 Å². The summed E-state index contributed by atoms with van der Waals surface area (Å²) in [5, 5.41) is 12.3. The molecule has 10 heteroatoms. The summed E-state index contributed by atoms with van der Waals surface area (Å²) < 4.78 is 33.5. The number of carbonyl (C=O) groups excluding carboxylic acids is 2. The van der Waals surface area contributed by atoms with Gasteiger partial charge < -0.3 is 15.2 Å². The van der Waals surface area contributed by atoms with Gasteiger partial charge in [-0.25, -0.2) is 9.97 Å². The van der Waals surface area contributed by atoms with Crippen LogP contribution in [0.15, 0.2) is 48.9 Å². The van der Waals surface area contributed by atoms with Crippen molar-refractivity contribution in [3.05, 3.63) is 54.7 Å². The Labute approximate surface area is 199 Å². The van der Waals surface area contributed by atoms with E-state index in [0.717, 1.165) is 53.8 Å². The molecule has 35 heavy (non-hydrogen) atoms. The Bertz CT molecular complexity index is 1220. The highest BCUT2D eigenvalue weighted by Gasteiger charge is 2.52. The van der Waals surface area contributed by atoms with Gasteiger partial charge in [0.05, 0.1) is 11.8 Å². The van der Waals surface area contributed by atoms with Crippen LogP contribution in [-0.4, -0.2) is 28.6 Å². The fourth-order valence-electron chi connectivity index (χ4n) is 6.58. The number of H-pyrrole nitrogens is 2. The Kier molecular flexibility index (Phi) is 5.77. The molecule has 0 aliphatic heterocycles. The van der Waals surface area contributed by atoms with Crippen LogP contribution in [0.1, 0.15) is 49.1 Å². The number of carbonyl (C=O) groups is 2. The molecule has 0 aromatic carbocycles. The number of aliphatic carboxylic acids is 1. The van der Waals surface area contributed by atoms with Gasteiger partial charge in [0, 0.05) is 11.6 Å². The van der Waals surface area contributed by atoms with Gasteiger partial charge >= 0.3 is 17.9 Å². The first kappa shape index (κ1) is 23.3. The van der Waals surface area contributed by atoms with E-state index in [1.807, 2.05) is 41.2 Å². The fraction of sp³-hybridized carbons (Fsp3) is 0.440. The first-order valence-electron chi connectivity index (χ1n) is 11.7. The minimum atomic E-state index is -5.19. The van der Waals surface area contributed by atoms with Crippen LogP contribution < -0.4 is 19.8 Å².